The average molecular weight is 470 g/mol. The molecule has 0 aliphatic carbocycles. The molecular weight excluding hydrogens is 455 g/mol. The zero-order valence-electron chi connectivity index (χ0n) is 14.2. The van der Waals surface area contributed by atoms with Crippen molar-refractivity contribution in [3.8, 4) is 5.75 Å². The van der Waals surface area contributed by atoms with E-state index in [1.807, 2.05) is 36.4 Å². The van der Waals surface area contributed by atoms with Crippen molar-refractivity contribution in [1.29, 1.82) is 0 Å². The van der Waals surface area contributed by atoms with E-state index in [1.165, 1.54) is 10.8 Å². The second-order valence-corrected chi connectivity index (χ2v) is 7.25. The van der Waals surface area contributed by atoms with Crippen LogP contribution in [0.2, 0.25) is 0 Å². The second kappa shape index (κ2) is 7.40. The van der Waals surface area contributed by atoms with Crippen LogP contribution in [0, 0.1) is 3.57 Å². The number of amides is 3. The minimum absolute atomic E-state index is 0.236. The Labute approximate surface area is 169 Å². The number of benzene rings is 3. The average Bonchev–Trinajstić information content (AvgIpc) is 2.98. The number of ether oxygens (including phenoxy) is 1. The van der Waals surface area contributed by atoms with Crippen LogP contribution in [0.5, 0.6) is 5.75 Å². The topological polar surface area (TPSA) is 67.4 Å². The molecule has 1 saturated heterocycles. The number of nitrogens with one attached hydrogen (secondary N) is 2. The second-order valence-electron chi connectivity index (χ2n) is 6.08. The van der Waals surface area contributed by atoms with Gasteiger partial charge in [-0.25, -0.2) is 4.79 Å². The number of carbonyl (C=O) groups is 2. The molecule has 3 aromatic carbocycles. The summed E-state index contributed by atoms with van der Waals surface area (Å²) in [6.07, 6.45) is 1.64. The molecule has 3 amide bonds. The molecule has 1 aliphatic heterocycles. The zero-order valence-corrected chi connectivity index (χ0v) is 16.3. The molecule has 4 rings (SSSR count). The molecule has 0 spiro atoms. The van der Waals surface area contributed by atoms with Gasteiger partial charge in [0.15, 0.2) is 0 Å². The van der Waals surface area contributed by atoms with Crippen LogP contribution < -0.4 is 15.4 Å². The van der Waals surface area contributed by atoms with Gasteiger partial charge in [-0.15, -0.1) is 0 Å². The molecule has 5 nitrogen and oxygen atoms in total. The predicted octanol–water partition coefficient (Wildman–Crippen LogP) is 4.20. The highest BCUT2D eigenvalue weighted by Crippen LogP contribution is 2.26. The number of carbonyl (C=O) groups excluding carboxylic acids is 2. The zero-order chi connectivity index (χ0) is 18.8. The van der Waals surface area contributed by atoms with E-state index in [0.717, 1.165) is 20.4 Å². The van der Waals surface area contributed by atoms with Crippen molar-refractivity contribution >= 4 is 51.4 Å². The summed E-state index contributed by atoms with van der Waals surface area (Å²) in [6.45, 7) is 0.469. The molecule has 134 valence electrons. The monoisotopic (exact) mass is 470 g/mol. The summed E-state index contributed by atoms with van der Waals surface area (Å²) >= 11 is 2.20. The number of urea groups is 1. The standard InChI is InChI=1S/C21H15IN2O3/c22-17-10-13(11-18-20(25)24-21(26)23-18)8-9-19(17)27-12-15-6-3-5-14-4-1-2-7-16(14)15/h1-11H,12H2,(H2,23,24,25,26). The van der Waals surface area contributed by atoms with Gasteiger partial charge in [0.1, 0.15) is 18.1 Å². The Bertz CT molecular complexity index is 1090. The summed E-state index contributed by atoms with van der Waals surface area (Å²) in [5.41, 5.74) is 2.17. The summed E-state index contributed by atoms with van der Waals surface area (Å²) in [6, 6.07) is 19.5. The van der Waals surface area contributed by atoms with Crippen LogP contribution in [0.3, 0.4) is 0 Å². The quantitative estimate of drug-likeness (QED) is 0.341. The minimum Gasteiger partial charge on any atom is -0.488 e. The molecule has 0 radical (unpaired) electrons. The lowest BCUT2D eigenvalue weighted by Gasteiger charge is -2.11. The molecule has 1 heterocycles. The number of fused-ring (bicyclic) bond motifs is 1. The third-order valence-corrected chi connectivity index (χ3v) is 5.09. The summed E-state index contributed by atoms with van der Waals surface area (Å²) in [7, 11) is 0. The lowest BCUT2D eigenvalue weighted by molar-refractivity contribution is -0.115. The van der Waals surface area contributed by atoms with Crippen molar-refractivity contribution in [3.63, 3.8) is 0 Å². The van der Waals surface area contributed by atoms with E-state index in [-0.39, 0.29) is 5.70 Å². The summed E-state index contributed by atoms with van der Waals surface area (Å²) in [5.74, 6) is 0.344. The Morgan fingerprint density at radius 3 is 2.56 bits per heavy atom. The first kappa shape index (κ1) is 17.5. The maximum absolute atomic E-state index is 11.6. The minimum atomic E-state index is -0.504. The first-order valence-electron chi connectivity index (χ1n) is 8.33. The van der Waals surface area contributed by atoms with Crippen LogP contribution in [0.15, 0.2) is 66.4 Å². The van der Waals surface area contributed by atoms with Crippen LogP contribution in [0.1, 0.15) is 11.1 Å². The third kappa shape index (κ3) is 3.80. The van der Waals surface area contributed by atoms with E-state index in [9.17, 15) is 9.59 Å². The van der Waals surface area contributed by atoms with E-state index in [1.54, 1.807) is 6.08 Å². The fraction of sp³-hybridized carbons (Fsp3) is 0.0476. The molecule has 6 heteroatoms. The Morgan fingerprint density at radius 1 is 0.963 bits per heavy atom. The number of imide groups is 1. The summed E-state index contributed by atoms with van der Waals surface area (Å²) in [4.78, 5) is 22.8. The SMILES string of the molecule is O=C1NC(=O)C(=Cc2ccc(OCc3cccc4ccccc34)c(I)c2)N1. The summed E-state index contributed by atoms with van der Waals surface area (Å²) < 4.78 is 6.94. The molecule has 1 fully saturated rings. The Hall–Kier alpha value is -2.87. The predicted molar refractivity (Wildman–Crippen MR) is 112 cm³/mol. The van der Waals surface area contributed by atoms with Gasteiger partial charge in [-0.1, -0.05) is 48.5 Å². The van der Waals surface area contributed by atoms with Crippen LogP contribution in [-0.4, -0.2) is 11.9 Å². The van der Waals surface area contributed by atoms with Gasteiger partial charge in [0.2, 0.25) is 0 Å². The first-order chi connectivity index (χ1) is 13.1. The third-order valence-electron chi connectivity index (χ3n) is 4.25. The molecule has 1 aliphatic rings. The van der Waals surface area contributed by atoms with Crippen molar-refractivity contribution in [2.24, 2.45) is 0 Å². The van der Waals surface area contributed by atoms with Crippen LogP contribution >= 0.6 is 22.6 Å². The van der Waals surface area contributed by atoms with Gasteiger partial charge in [0.05, 0.1) is 3.57 Å². The van der Waals surface area contributed by atoms with Gasteiger partial charge in [0.25, 0.3) is 5.91 Å². The van der Waals surface area contributed by atoms with Crippen molar-refractivity contribution in [2.45, 2.75) is 6.61 Å². The van der Waals surface area contributed by atoms with Crippen LogP contribution in [0.25, 0.3) is 16.8 Å². The van der Waals surface area contributed by atoms with E-state index >= 15 is 0 Å². The Kier molecular flexibility index (Phi) is 4.81. The van der Waals surface area contributed by atoms with Gasteiger partial charge in [-0.2, -0.15) is 0 Å². The van der Waals surface area contributed by atoms with Crippen LogP contribution in [0.4, 0.5) is 4.79 Å². The van der Waals surface area contributed by atoms with Gasteiger partial charge in [-0.05, 0) is 62.7 Å². The Balaban J connectivity index is 1.52. The van der Waals surface area contributed by atoms with Crippen molar-refractivity contribution in [2.75, 3.05) is 0 Å². The molecular formula is C21H15IN2O3. The van der Waals surface area contributed by atoms with Crippen molar-refractivity contribution in [3.05, 3.63) is 81.1 Å². The highest BCUT2D eigenvalue weighted by Gasteiger charge is 2.22. The van der Waals surface area contributed by atoms with E-state index in [2.05, 4.69) is 57.5 Å². The van der Waals surface area contributed by atoms with Crippen molar-refractivity contribution in [1.82, 2.24) is 10.6 Å². The molecule has 0 unspecified atom stereocenters. The lowest BCUT2D eigenvalue weighted by atomic mass is 10.1. The molecule has 2 N–H and O–H groups in total. The fourth-order valence-electron chi connectivity index (χ4n) is 2.95. The van der Waals surface area contributed by atoms with Gasteiger partial charge >= 0.3 is 6.03 Å². The van der Waals surface area contributed by atoms with Crippen molar-refractivity contribution < 1.29 is 14.3 Å². The highest BCUT2D eigenvalue weighted by atomic mass is 127. The van der Waals surface area contributed by atoms with Gasteiger partial charge in [-0.3, -0.25) is 10.1 Å². The maximum atomic E-state index is 11.6. The molecule has 0 aromatic heterocycles. The van der Waals surface area contributed by atoms with E-state index < -0.39 is 11.9 Å². The highest BCUT2D eigenvalue weighted by molar-refractivity contribution is 14.1. The van der Waals surface area contributed by atoms with Crippen LogP contribution in [-0.2, 0) is 11.4 Å². The lowest BCUT2D eigenvalue weighted by Crippen LogP contribution is -2.22. The van der Waals surface area contributed by atoms with E-state index in [0.29, 0.717) is 6.61 Å². The van der Waals surface area contributed by atoms with Gasteiger partial charge < -0.3 is 10.1 Å². The molecule has 0 bridgehead atoms. The molecule has 3 aromatic rings. The van der Waals surface area contributed by atoms with E-state index in [4.69, 9.17) is 4.74 Å². The molecule has 27 heavy (non-hydrogen) atoms. The summed E-state index contributed by atoms with van der Waals surface area (Å²) in [5, 5.41) is 7.03. The Morgan fingerprint density at radius 2 is 1.78 bits per heavy atom. The number of hydrogen-bond donors (Lipinski definition) is 2. The largest absolute Gasteiger partial charge is 0.488 e. The smallest absolute Gasteiger partial charge is 0.326 e. The molecule has 0 saturated carbocycles. The maximum Gasteiger partial charge on any atom is 0.326 e. The number of halogens is 1. The van der Waals surface area contributed by atoms with Gasteiger partial charge in [0, 0.05) is 0 Å². The normalized spacial score (nSPS) is 15.1. The number of hydrogen-bond acceptors (Lipinski definition) is 3. The number of rotatable bonds is 4. The molecule has 0 atom stereocenters. The fourth-order valence-corrected chi connectivity index (χ4v) is 3.64. The first-order valence-corrected chi connectivity index (χ1v) is 9.41.